The first-order valence-electron chi connectivity index (χ1n) is 8.36. The third kappa shape index (κ3) is 4.82. The molecule has 0 saturated carbocycles. The van der Waals surface area contributed by atoms with Crippen LogP contribution >= 0.6 is 0 Å². The number of hydrogen-bond acceptors (Lipinski definition) is 3. The Labute approximate surface area is 142 Å². The maximum Gasteiger partial charge on any atom is 0.410 e. The van der Waals surface area contributed by atoms with Gasteiger partial charge in [0.1, 0.15) is 22.9 Å². The average molecular weight is 340 g/mol. The second-order valence-electron chi connectivity index (χ2n) is 7.33. The molecule has 1 amide bonds. The largest absolute Gasteiger partial charge is 0.444 e. The van der Waals surface area contributed by atoms with Gasteiger partial charge in [-0.25, -0.2) is 13.6 Å². The van der Waals surface area contributed by atoms with E-state index in [9.17, 15) is 13.6 Å². The lowest BCUT2D eigenvalue weighted by molar-refractivity contribution is 0.0179. The molecule has 1 aromatic rings. The molecule has 0 radical (unpaired) electrons. The lowest BCUT2D eigenvalue weighted by Gasteiger charge is -2.36. The second kappa shape index (κ2) is 7.36. The molecule has 1 saturated heterocycles. The van der Waals surface area contributed by atoms with E-state index in [1.54, 1.807) is 4.90 Å². The molecule has 0 bridgehead atoms. The Bertz CT molecular complexity index is 559. The van der Waals surface area contributed by atoms with Crippen LogP contribution in [0.2, 0.25) is 0 Å². The van der Waals surface area contributed by atoms with Gasteiger partial charge in [0.15, 0.2) is 0 Å². The highest BCUT2D eigenvalue weighted by molar-refractivity contribution is 5.68. The normalized spacial score (nSPS) is 17.5. The number of carbonyl (C=O) groups is 1. The smallest absolute Gasteiger partial charge is 0.410 e. The minimum Gasteiger partial charge on any atom is -0.444 e. The summed E-state index contributed by atoms with van der Waals surface area (Å²) in [6.07, 6.45) is 1.23. The first-order valence-corrected chi connectivity index (χ1v) is 8.36. The fraction of sp³-hybridized carbons (Fsp3) is 0.611. The van der Waals surface area contributed by atoms with Crippen molar-refractivity contribution < 1.29 is 18.3 Å². The Kier molecular flexibility index (Phi) is 5.67. The molecular formula is C18H26F2N2O2. The van der Waals surface area contributed by atoms with E-state index in [-0.39, 0.29) is 23.7 Å². The molecule has 134 valence electrons. The van der Waals surface area contributed by atoms with E-state index in [1.165, 1.54) is 18.2 Å². The molecule has 0 spiro atoms. The number of rotatable bonds is 3. The summed E-state index contributed by atoms with van der Waals surface area (Å²) in [5.74, 6) is -0.941. The number of para-hydroxylation sites is 1. The monoisotopic (exact) mass is 340 g/mol. The van der Waals surface area contributed by atoms with Gasteiger partial charge < -0.3 is 15.0 Å². The van der Waals surface area contributed by atoms with Crippen molar-refractivity contribution >= 4 is 11.8 Å². The predicted octanol–water partition coefficient (Wildman–Crippen LogP) is 4.41. The molecule has 1 aromatic carbocycles. The number of carbonyl (C=O) groups excluding carboxylic acids is 1. The van der Waals surface area contributed by atoms with E-state index in [0.717, 1.165) is 12.8 Å². The first kappa shape index (κ1) is 18.5. The quantitative estimate of drug-likeness (QED) is 0.886. The predicted molar refractivity (Wildman–Crippen MR) is 90.0 cm³/mol. The van der Waals surface area contributed by atoms with Gasteiger partial charge in [0.2, 0.25) is 0 Å². The van der Waals surface area contributed by atoms with Gasteiger partial charge in [-0.1, -0.05) is 6.07 Å². The Hall–Kier alpha value is -1.85. The maximum absolute atomic E-state index is 13.7. The molecule has 24 heavy (non-hydrogen) atoms. The minimum atomic E-state index is -0.590. The van der Waals surface area contributed by atoms with E-state index in [0.29, 0.717) is 13.1 Å². The van der Waals surface area contributed by atoms with Gasteiger partial charge in [-0.2, -0.15) is 0 Å². The highest BCUT2D eigenvalue weighted by Gasteiger charge is 2.29. The number of hydrogen-bond donors (Lipinski definition) is 1. The number of piperidine rings is 1. The summed E-state index contributed by atoms with van der Waals surface area (Å²) in [5.41, 5.74) is -0.593. The van der Waals surface area contributed by atoms with Crippen LogP contribution < -0.4 is 5.32 Å². The highest BCUT2D eigenvalue weighted by atomic mass is 19.1. The van der Waals surface area contributed by atoms with Gasteiger partial charge in [-0.15, -0.1) is 0 Å². The lowest BCUT2D eigenvalue weighted by atomic mass is 9.90. The zero-order valence-corrected chi connectivity index (χ0v) is 14.7. The number of ether oxygens (including phenoxy) is 1. The Balaban J connectivity index is 1.89. The third-order valence-corrected chi connectivity index (χ3v) is 4.23. The van der Waals surface area contributed by atoms with Crippen molar-refractivity contribution in [3.05, 3.63) is 29.8 Å². The van der Waals surface area contributed by atoms with Gasteiger partial charge in [-0.05, 0) is 58.6 Å². The van der Waals surface area contributed by atoms with Crippen molar-refractivity contribution in [2.75, 3.05) is 18.4 Å². The zero-order valence-electron chi connectivity index (χ0n) is 14.7. The molecule has 1 aliphatic heterocycles. The van der Waals surface area contributed by atoms with Crippen LogP contribution in [0.5, 0.6) is 0 Å². The van der Waals surface area contributed by atoms with Crippen LogP contribution in [-0.4, -0.2) is 35.7 Å². The summed E-state index contributed by atoms with van der Waals surface area (Å²) >= 11 is 0. The van der Waals surface area contributed by atoms with E-state index in [1.807, 2.05) is 27.7 Å². The molecule has 6 heteroatoms. The summed E-state index contributed by atoms with van der Waals surface area (Å²) < 4.78 is 32.8. The van der Waals surface area contributed by atoms with Crippen molar-refractivity contribution in [1.29, 1.82) is 0 Å². The molecule has 1 atom stereocenters. The number of benzene rings is 1. The first-order chi connectivity index (χ1) is 11.2. The van der Waals surface area contributed by atoms with Crippen LogP contribution in [0, 0.1) is 17.6 Å². The SMILES string of the molecule is CC(Nc1c(F)cccc1F)C1CCN(C(=O)OC(C)(C)C)CC1. The van der Waals surface area contributed by atoms with E-state index < -0.39 is 17.2 Å². The van der Waals surface area contributed by atoms with Crippen molar-refractivity contribution in [3.8, 4) is 0 Å². The van der Waals surface area contributed by atoms with Gasteiger partial charge in [-0.3, -0.25) is 0 Å². The van der Waals surface area contributed by atoms with E-state index in [4.69, 9.17) is 4.74 Å². The summed E-state index contributed by atoms with van der Waals surface area (Å²) in [7, 11) is 0. The Morgan fingerprint density at radius 3 is 2.29 bits per heavy atom. The van der Waals surface area contributed by atoms with Crippen molar-refractivity contribution in [3.63, 3.8) is 0 Å². The maximum atomic E-state index is 13.7. The van der Waals surface area contributed by atoms with Crippen molar-refractivity contribution in [2.24, 2.45) is 5.92 Å². The van der Waals surface area contributed by atoms with Crippen molar-refractivity contribution in [1.82, 2.24) is 4.90 Å². The summed E-state index contributed by atoms with van der Waals surface area (Å²) in [5, 5.41) is 2.95. The second-order valence-corrected chi connectivity index (χ2v) is 7.33. The third-order valence-electron chi connectivity index (χ3n) is 4.23. The zero-order chi connectivity index (χ0) is 17.9. The van der Waals surface area contributed by atoms with Crippen LogP contribution in [0.4, 0.5) is 19.3 Å². The minimum absolute atomic E-state index is 0.0837. The van der Waals surface area contributed by atoms with Crippen LogP contribution in [0.15, 0.2) is 18.2 Å². The molecule has 4 nitrogen and oxygen atoms in total. The molecule has 1 fully saturated rings. The van der Waals surface area contributed by atoms with Crippen molar-refractivity contribution in [2.45, 2.75) is 52.2 Å². The topological polar surface area (TPSA) is 41.6 Å². The number of amides is 1. The van der Waals surface area contributed by atoms with E-state index in [2.05, 4.69) is 5.32 Å². The van der Waals surface area contributed by atoms with Gasteiger partial charge in [0, 0.05) is 19.1 Å². The molecule has 1 heterocycles. The van der Waals surface area contributed by atoms with E-state index >= 15 is 0 Å². The van der Waals surface area contributed by atoms with Gasteiger partial charge in [0.25, 0.3) is 0 Å². The van der Waals surface area contributed by atoms with Gasteiger partial charge >= 0.3 is 6.09 Å². The summed E-state index contributed by atoms with van der Waals surface area (Å²) in [4.78, 5) is 13.8. The Morgan fingerprint density at radius 2 is 1.79 bits per heavy atom. The highest BCUT2D eigenvalue weighted by Crippen LogP contribution is 2.26. The fourth-order valence-corrected chi connectivity index (χ4v) is 2.89. The number of likely N-dealkylation sites (tertiary alicyclic amines) is 1. The van der Waals surface area contributed by atoms with Gasteiger partial charge in [0.05, 0.1) is 0 Å². The average Bonchev–Trinajstić information content (AvgIpc) is 2.49. The summed E-state index contributed by atoms with van der Waals surface area (Å²) in [6, 6.07) is 3.74. The lowest BCUT2D eigenvalue weighted by Crippen LogP contribution is -2.44. The molecule has 0 aromatic heterocycles. The number of anilines is 1. The molecule has 2 rings (SSSR count). The molecule has 1 N–H and O–H groups in total. The number of nitrogens with zero attached hydrogens (tertiary/aromatic N) is 1. The van der Waals surface area contributed by atoms with Crippen LogP contribution in [0.3, 0.4) is 0 Å². The number of halogens is 2. The molecule has 0 aliphatic carbocycles. The number of nitrogens with one attached hydrogen (secondary N) is 1. The fourth-order valence-electron chi connectivity index (χ4n) is 2.89. The molecule has 1 unspecified atom stereocenters. The molecular weight excluding hydrogens is 314 g/mol. The standard InChI is InChI=1S/C18H26F2N2O2/c1-12(21-16-14(19)6-5-7-15(16)20)13-8-10-22(11-9-13)17(23)24-18(2,3)4/h5-7,12-13,21H,8-11H2,1-4H3. The summed E-state index contributed by atoms with van der Waals surface area (Å²) in [6.45, 7) is 8.61. The van der Waals surface area contributed by atoms with Crippen LogP contribution in [0.1, 0.15) is 40.5 Å². The Morgan fingerprint density at radius 1 is 1.25 bits per heavy atom. The van der Waals surface area contributed by atoms with Crippen LogP contribution in [0.25, 0.3) is 0 Å². The molecule has 1 aliphatic rings. The van der Waals surface area contributed by atoms with Crippen LogP contribution in [-0.2, 0) is 4.74 Å².